The van der Waals surface area contributed by atoms with E-state index in [1.807, 2.05) is 36.7 Å². The van der Waals surface area contributed by atoms with Gasteiger partial charge in [-0.3, -0.25) is 27.8 Å². The summed E-state index contributed by atoms with van der Waals surface area (Å²) in [7, 11) is -5.17. The van der Waals surface area contributed by atoms with Crippen molar-refractivity contribution in [2.45, 2.75) is 26.7 Å². The molecule has 0 amide bonds. The number of hydrogen-bond donors (Lipinski definition) is 2. The standard InChI is InChI=1S/C26H34N4O2.H2O4S.2O.2V/c1-19-11-21-15-27-5-3-4-6-28-16-22-12-20(2)14-24(26(22)32)18-30-9-7-29(8-10-30)17-23(13-19)25(21)31;1-5(2,3)4;;;;/h11-16,27-28H,3-10,17-18H2,1-2H3;(H2,1,2,3,4);;;;/p-2/b21-15-,22-16-;;;;;. The second-order valence-electron chi connectivity index (χ2n) is 9.55. The molecule has 3 aliphatic heterocycles. The molecule has 5 rings (SSSR count). The van der Waals surface area contributed by atoms with Gasteiger partial charge in [-0.1, -0.05) is 12.2 Å². The van der Waals surface area contributed by atoms with E-state index in [1.54, 1.807) is 0 Å². The number of rotatable bonds is 0. The summed E-state index contributed by atoms with van der Waals surface area (Å²) >= 11 is 2.12. The Bertz CT molecular complexity index is 1150. The third kappa shape index (κ3) is 14.1. The van der Waals surface area contributed by atoms with Crippen molar-refractivity contribution < 1.29 is 69.2 Å². The van der Waals surface area contributed by atoms with Crippen molar-refractivity contribution in [2.75, 3.05) is 52.4 Å². The van der Waals surface area contributed by atoms with Gasteiger partial charge in [0.05, 0.1) is 0 Å². The number of ketones is 2. The van der Waals surface area contributed by atoms with Crippen molar-refractivity contribution in [3.8, 4) is 0 Å². The van der Waals surface area contributed by atoms with Crippen LogP contribution in [-0.4, -0.2) is 91.2 Å². The zero-order valence-electron chi connectivity index (χ0n) is 23.0. The van der Waals surface area contributed by atoms with Gasteiger partial charge in [0.1, 0.15) is 0 Å². The van der Waals surface area contributed by atoms with E-state index in [2.05, 4.69) is 34.3 Å². The fourth-order valence-electron chi connectivity index (χ4n) is 4.61. The van der Waals surface area contributed by atoms with E-state index in [9.17, 15) is 9.59 Å². The Morgan fingerprint density at radius 1 is 0.683 bits per heavy atom. The van der Waals surface area contributed by atoms with Crippen molar-refractivity contribution in [1.29, 1.82) is 0 Å². The molecule has 15 heteroatoms. The normalized spacial score (nSPS) is 25.6. The number of fused-ring (bicyclic) bond motifs is 9. The second kappa shape index (κ2) is 19.2. The van der Waals surface area contributed by atoms with Crippen LogP contribution in [0.15, 0.2) is 70.1 Å². The van der Waals surface area contributed by atoms with Crippen LogP contribution >= 0.6 is 0 Å². The first-order valence-corrected chi connectivity index (χ1v) is 15.2. The number of hydrogen-bond acceptors (Lipinski definition) is 12. The van der Waals surface area contributed by atoms with Gasteiger partial charge < -0.3 is 19.7 Å². The molecular weight excluding hydrogens is 630 g/mol. The zero-order chi connectivity index (χ0) is 31.0. The molecule has 2 N–H and O–H groups in total. The molecule has 3 heterocycles. The van der Waals surface area contributed by atoms with Crippen molar-refractivity contribution in [2.24, 2.45) is 0 Å². The van der Waals surface area contributed by atoms with Crippen LogP contribution in [0.25, 0.3) is 0 Å². The first-order valence-electron chi connectivity index (χ1n) is 12.7. The van der Waals surface area contributed by atoms with Crippen LogP contribution in [-0.2, 0) is 62.1 Å². The van der Waals surface area contributed by atoms with Gasteiger partial charge >= 0.3 is 42.1 Å². The van der Waals surface area contributed by atoms with E-state index in [0.717, 1.165) is 120 Å². The molecule has 0 spiro atoms. The van der Waals surface area contributed by atoms with Gasteiger partial charge in [-0.25, -0.2) is 0 Å². The Morgan fingerprint density at radius 3 is 1.32 bits per heavy atom. The molecule has 0 aromatic heterocycles. The van der Waals surface area contributed by atoms with Crippen LogP contribution in [0.4, 0.5) is 0 Å². The molecular formula is C26H34N4O8SV2-2. The van der Waals surface area contributed by atoms with E-state index in [-0.39, 0.29) is 11.6 Å². The van der Waals surface area contributed by atoms with Gasteiger partial charge in [0.15, 0.2) is 11.6 Å². The molecule has 5 aliphatic rings. The molecule has 41 heavy (non-hydrogen) atoms. The van der Waals surface area contributed by atoms with Crippen molar-refractivity contribution in [3.05, 3.63) is 70.1 Å². The van der Waals surface area contributed by atoms with E-state index >= 15 is 0 Å². The van der Waals surface area contributed by atoms with Gasteiger partial charge in [0, 0.05) is 97.4 Å². The molecule has 0 aromatic rings. The molecule has 0 radical (unpaired) electrons. The minimum atomic E-state index is -5.17. The maximum atomic E-state index is 13.0. The second-order valence-corrected chi connectivity index (χ2v) is 10.4. The first-order chi connectivity index (χ1) is 19.5. The number of Topliss-reactive ketones (excluding diaryl/α,β-unsaturated/α-hetero) is 2. The van der Waals surface area contributed by atoms with Crippen LogP contribution in [0.3, 0.4) is 0 Å². The Hall–Kier alpha value is -2.06. The molecule has 2 aliphatic carbocycles. The maximum absolute atomic E-state index is 13.0. The fraction of sp³-hybridized carbons (Fsp3) is 0.462. The number of carbonyl (C=O) groups is 2. The molecule has 12 nitrogen and oxygen atoms in total. The summed E-state index contributed by atoms with van der Waals surface area (Å²) in [5.74, 6) is 0.249. The van der Waals surface area contributed by atoms with Gasteiger partial charge in [-0.15, -0.1) is 0 Å². The summed E-state index contributed by atoms with van der Waals surface area (Å²) in [4.78, 5) is 30.7. The van der Waals surface area contributed by atoms with Gasteiger partial charge in [-0.2, -0.15) is 0 Å². The monoisotopic (exact) mass is 664 g/mol. The van der Waals surface area contributed by atoms with Crippen LogP contribution in [0.1, 0.15) is 26.7 Å². The summed E-state index contributed by atoms with van der Waals surface area (Å²) in [5.41, 5.74) is 5.46. The fourth-order valence-corrected chi connectivity index (χ4v) is 4.61. The molecule has 1 saturated heterocycles. The Morgan fingerprint density at radius 2 is 1.00 bits per heavy atom. The third-order valence-electron chi connectivity index (χ3n) is 6.34. The van der Waals surface area contributed by atoms with E-state index in [1.165, 1.54) is 0 Å². The van der Waals surface area contributed by atoms with Crippen molar-refractivity contribution >= 4 is 22.0 Å². The number of nitrogens with zero attached hydrogens (tertiary/aromatic N) is 2. The number of piperazine rings is 1. The first kappa shape index (κ1) is 37.0. The van der Waals surface area contributed by atoms with Crippen molar-refractivity contribution in [3.63, 3.8) is 0 Å². The quantitative estimate of drug-likeness (QED) is 0.274. The van der Waals surface area contributed by atoms with Gasteiger partial charge in [0.25, 0.3) is 0 Å². The topological polar surface area (TPSA) is 179 Å². The predicted octanol–water partition coefficient (Wildman–Crippen LogP) is 0.675. The minimum absolute atomic E-state index is 0.125. The third-order valence-corrected chi connectivity index (χ3v) is 6.34. The Balaban J connectivity index is 0.000000831. The summed E-state index contributed by atoms with van der Waals surface area (Å²) in [6.07, 6.45) is 13.7. The molecule has 0 atom stereocenters. The van der Waals surface area contributed by atoms with Gasteiger partial charge in [-0.05, 0) is 50.0 Å². The zero-order valence-corrected chi connectivity index (χ0v) is 26.6. The molecule has 224 valence electrons. The van der Waals surface area contributed by atoms with Crippen LogP contribution in [0.2, 0.25) is 0 Å². The summed E-state index contributed by atoms with van der Waals surface area (Å²) < 4.78 is 50.5. The predicted molar refractivity (Wildman–Crippen MR) is 140 cm³/mol. The average Bonchev–Trinajstić information content (AvgIpc) is 2.92. The number of allylic oxidation sites excluding steroid dienone is 8. The van der Waals surface area contributed by atoms with E-state index < -0.39 is 10.4 Å². The molecule has 0 aromatic carbocycles. The van der Waals surface area contributed by atoms with Crippen LogP contribution in [0, 0.1) is 0 Å². The summed E-state index contributed by atoms with van der Waals surface area (Å²) in [6.45, 7) is 10.7. The molecule has 0 unspecified atom stereocenters. The van der Waals surface area contributed by atoms with Crippen molar-refractivity contribution in [1.82, 2.24) is 20.4 Å². The molecule has 0 saturated carbocycles. The molecule has 6 bridgehead atoms. The SMILES string of the molecule is CC1=C/C2=C/NCCCCN/C=C3/C=C(C)C=C(CN4CCN(CC4)CC(=C1)C2=O)C3=O.O=S(=O)([O-])[O-].[O]=[V].[O]=[V]. The van der Waals surface area contributed by atoms with Crippen LogP contribution in [0.5, 0.6) is 0 Å². The summed E-state index contributed by atoms with van der Waals surface area (Å²) in [5, 5.41) is 6.61. The number of nitrogens with one attached hydrogen (secondary N) is 2. The summed E-state index contributed by atoms with van der Waals surface area (Å²) in [6, 6.07) is 0. The van der Waals surface area contributed by atoms with Gasteiger partial charge in [0.2, 0.25) is 0 Å². The van der Waals surface area contributed by atoms with E-state index in [4.69, 9.17) is 24.9 Å². The van der Waals surface area contributed by atoms with Crippen LogP contribution < -0.4 is 10.6 Å². The Kier molecular flexibility index (Phi) is 17.3. The Labute approximate surface area is 259 Å². The van der Waals surface area contributed by atoms with E-state index in [0.29, 0.717) is 13.1 Å². The number of carbonyl (C=O) groups excluding carboxylic acids is 2. The average molecular weight is 665 g/mol. The molecule has 1 fully saturated rings.